The summed E-state index contributed by atoms with van der Waals surface area (Å²) in [7, 11) is 0. The fourth-order valence-corrected chi connectivity index (χ4v) is 0.939. The zero-order valence-electron chi connectivity index (χ0n) is 5.11. The molecule has 0 aromatic heterocycles. The number of azo groups is 1. The number of hydrogen-bond donors (Lipinski definition) is 1. The SMILES string of the molecule is O=C1NC=CC2N=NC=C12. The zero-order valence-corrected chi connectivity index (χ0v) is 5.11. The Morgan fingerprint density at radius 1 is 1.60 bits per heavy atom. The average molecular weight is 135 g/mol. The number of carbonyl (C=O) groups is 1. The third kappa shape index (κ3) is 0.586. The lowest BCUT2D eigenvalue weighted by Crippen LogP contribution is -2.28. The standard InChI is InChI=1S/C6H5N3O/c10-6-4-3-8-9-5(4)1-2-7-6/h1-3,5H,(H,7,10). The van der Waals surface area contributed by atoms with Gasteiger partial charge in [0.05, 0.1) is 11.8 Å². The number of nitrogens with zero attached hydrogens (tertiary/aromatic N) is 2. The van der Waals surface area contributed by atoms with Gasteiger partial charge in [0, 0.05) is 6.20 Å². The van der Waals surface area contributed by atoms with Crippen molar-refractivity contribution in [3.8, 4) is 0 Å². The van der Waals surface area contributed by atoms with Crippen LogP contribution in [0.4, 0.5) is 0 Å². The van der Waals surface area contributed by atoms with Crippen LogP contribution in [-0.4, -0.2) is 11.9 Å². The Balaban J connectivity index is 2.41. The first kappa shape index (κ1) is 5.34. The summed E-state index contributed by atoms with van der Waals surface area (Å²) in [5, 5.41) is 9.97. The molecule has 2 aliphatic rings. The summed E-state index contributed by atoms with van der Waals surface area (Å²) in [5.74, 6) is -0.0995. The van der Waals surface area contributed by atoms with Crippen LogP contribution in [0.15, 0.2) is 34.3 Å². The van der Waals surface area contributed by atoms with Gasteiger partial charge in [-0.15, -0.1) is 0 Å². The lowest BCUT2D eigenvalue weighted by molar-refractivity contribution is -0.116. The van der Waals surface area contributed by atoms with Gasteiger partial charge in [-0.1, -0.05) is 0 Å². The van der Waals surface area contributed by atoms with E-state index < -0.39 is 0 Å². The van der Waals surface area contributed by atoms with E-state index in [1.807, 2.05) is 0 Å². The predicted molar refractivity (Wildman–Crippen MR) is 34.0 cm³/mol. The molecular weight excluding hydrogens is 130 g/mol. The molecule has 0 aromatic carbocycles. The molecule has 0 spiro atoms. The van der Waals surface area contributed by atoms with Crippen molar-refractivity contribution in [2.24, 2.45) is 10.2 Å². The Labute approximate surface area is 57.3 Å². The molecule has 2 rings (SSSR count). The first-order chi connectivity index (χ1) is 4.88. The summed E-state index contributed by atoms with van der Waals surface area (Å²) in [4.78, 5) is 10.9. The topological polar surface area (TPSA) is 53.8 Å². The van der Waals surface area contributed by atoms with E-state index in [0.717, 1.165) is 0 Å². The van der Waals surface area contributed by atoms with Crippen LogP contribution in [0.5, 0.6) is 0 Å². The molecule has 1 unspecified atom stereocenters. The molecule has 2 heterocycles. The maximum absolute atomic E-state index is 10.9. The van der Waals surface area contributed by atoms with Crippen LogP contribution in [0.3, 0.4) is 0 Å². The summed E-state index contributed by atoms with van der Waals surface area (Å²) >= 11 is 0. The van der Waals surface area contributed by atoms with Crippen LogP contribution < -0.4 is 5.32 Å². The second-order valence-electron chi connectivity index (χ2n) is 2.09. The molecule has 2 aliphatic heterocycles. The fourth-order valence-electron chi connectivity index (χ4n) is 0.939. The van der Waals surface area contributed by atoms with Gasteiger partial charge in [0.25, 0.3) is 5.91 Å². The largest absolute Gasteiger partial charge is 0.329 e. The molecule has 0 radical (unpaired) electrons. The number of hydrogen-bond acceptors (Lipinski definition) is 3. The molecule has 0 saturated heterocycles. The Hall–Kier alpha value is -1.45. The van der Waals surface area contributed by atoms with Crippen LogP contribution in [0.1, 0.15) is 0 Å². The maximum Gasteiger partial charge on any atom is 0.255 e. The van der Waals surface area contributed by atoms with Gasteiger partial charge in [-0.2, -0.15) is 10.2 Å². The first-order valence-corrected chi connectivity index (χ1v) is 2.95. The van der Waals surface area contributed by atoms with E-state index in [-0.39, 0.29) is 11.9 Å². The van der Waals surface area contributed by atoms with Gasteiger partial charge < -0.3 is 5.32 Å². The van der Waals surface area contributed by atoms with Crippen molar-refractivity contribution in [1.82, 2.24) is 5.32 Å². The van der Waals surface area contributed by atoms with E-state index in [4.69, 9.17) is 0 Å². The molecule has 4 heteroatoms. The molecule has 50 valence electrons. The predicted octanol–water partition coefficient (Wildman–Crippen LogP) is 0.348. The van der Waals surface area contributed by atoms with Gasteiger partial charge in [0.15, 0.2) is 0 Å². The third-order valence-corrected chi connectivity index (χ3v) is 1.46. The molecule has 1 amide bonds. The summed E-state index contributed by atoms with van der Waals surface area (Å²) in [6, 6.07) is -0.131. The second kappa shape index (κ2) is 1.76. The van der Waals surface area contributed by atoms with Crippen molar-refractivity contribution in [2.45, 2.75) is 6.04 Å². The minimum absolute atomic E-state index is 0.0995. The van der Waals surface area contributed by atoms with Crippen LogP contribution in [0.2, 0.25) is 0 Å². The minimum atomic E-state index is -0.131. The van der Waals surface area contributed by atoms with Crippen molar-refractivity contribution >= 4 is 5.91 Å². The summed E-state index contributed by atoms with van der Waals surface area (Å²) < 4.78 is 0. The van der Waals surface area contributed by atoms with E-state index in [1.165, 1.54) is 6.20 Å². The number of fused-ring (bicyclic) bond motifs is 1. The summed E-state index contributed by atoms with van der Waals surface area (Å²) in [6.45, 7) is 0. The quantitative estimate of drug-likeness (QED) is 0.511. The molecule has 0 fully saturated rings. The second-order valence-corrected chi connectivity index (χ2v) is 2.09. The number of nitrogens with one attached hydrogen (secondary N) is 1. The summed E-state index contributed by atoms with van der Waals surface area (Å²) in [6.07, 6.45) is 4.88. The van der Waals surface area contributed by atoms with E-state index >= 15 is 0 Å². The van der Waals surface area contributed by atoms with E-state index in [2.05, 4.69) is 15.5 Å². The Morgan fingerprint density at radius 3 is 3.30 bits per heavy atom. The van der Waals surface area contributed by atoms with Gasteiger partial charge in [-0.25, -0.2) is 0 Å². The van der Waals surface area contributed by atoms with E-state index in [9.17, 15) is 4.79 Å². The van der Waals surface area contributed by atoms with Gasteiger partial charge in [0.1, 0.15) is 6.04 Å². The van der Waals surface area contributed by atoms with E-state index in [0.29, 0.717) is 5.57 Å². The molecule has 0 aliphatic carbocycles. The number of amides is 1. The highest BCUT2D eigenvalue weighted by molar-refractivity contribution is 5.97. The van der Waals surface area contributed by atoms with Crippen LogP contribution >= 0.6 is 0 Å². The van der Waals surface area contributed by atoms with Gasteiger partial charge in [0.2, 0.25) is 0 Å². The number of carbonyl (C=O) groups excluding carboxylic acids is 1. The van der Waals surface area contributed by atoms with E-state index in [1.54, 1.807) is 12.3 Å². The minimum Gasteiger partial charge on any atom is -0.329 e. The molecule has 10 heavy (non-hydrogen) atoms. The molecular formula is C6H5N3O. The van der Waals surface area contributed by atoms with Crippen molar-refractivity contribution in [2.75, 3.05) is 0 Å². The highest BCUT2D eigenvalue weighted by Crippen LogP contribution is 2.18. The molecule has 0 bridgehead atoms. The molecule has 1 atom stereocenters. The van der Waals surface area contributed by atoms with Crippen molar-refractivity contribution in [3.05, 3.63) is 24.0 Å². The fraction of sp³-hybridized carbons (Fsp3) is 0.167. The monoisotopic (exact) mass is 135 g/mol. The lowest BCUT2D eigenvalue weighted by atomic mass is 10.1. The van der Waals surface area contributed by atoms with Crippen molar-refractivity contribution in [1.29, 1.82) is 0 Å². The molecule has 0 saturated carbocycles. The van der Waals surface area contributed by atoms with Gasteiger partial charge in [-0.05, 0) is 6.08 Å². The maximum atomic E-state index is 10.9. The molecule has 4 nitrogen and oxygen atoms in total. The highest BCUT2D eigenvalue weighted by Gasteiger charge is 2.23. The van der Waals surface area contributed by atoms with Crippen LogP contribution in [-0.2, 0) is 4.79 Å². The zero-order chi connectivity index (χ0) is 6.97. The average Bonchev–Trinajstić information content (AvgIpc) is 2.36. The number of rotatable bonds is 0. The van der Waals surface area contributed by atoms with Gasteiger partial charge in [-0.3, -0.25) is 4.79 Å². The first-order valence-electron chi connectivity index (χ1n) is 2.95. The van der Waals surface area contributed by atoms with Crippen molar-refractivity contribution < 1.29 is 4.79 Å². The smallest absolute Gasteiger partial charge is 0.255 e. The Kier molecular flexibility index (Phi) is 0.943. The van der Waals surface area contributed by atoms with Gasteiger partial charge >= 0.3 is 0 Å². The van der Waals surface area contributed by atoms with Crippen LogP contribution in [0.25, 0.3) is 0 Å². The van der Waals surface area contributed by atoms with Crippen molar-refractivity contribution in [3.63, 3.8) is 0 Å². The Morgan fingerprint density at radius 2 is 2.50 bits per heavy atom. The summed E-state index contributed by atoms with van der Waals surface area (Å²) in [5.41, 5.74) is 0.627. The highest BCUT2D eigenvalue weighted by atomic mass is 16.1. The lowest BCUT2D eigenvalue weighted by Gasteiger charge is -2.09. The molecule has 1 N–H and O–H groups in total. The Bertz CT molecular complexity index is 264. The molecule has 0 aromatic rings. The van der Waals surface area contributed by atoms with Crippen LogP contribution in [0, 0.1) is 0 Å². The normalized spacial score (nSPS) is 27.8. The third-order valence-electron chi connectivity index (χ3n) is 1.46.